The lowest BCUT2D eigenvalue weighted by Gasteiger charge is -2.39. The molecule has 0 atom stereocenters. The predicted molar refractivity (Wildman–Crippen MR) is 145 cm³/mol. The average Bonchev–Trinajstić information content (AvgIpc) is 3.36. The smallest absolute Gasteiger partial charge is 0.0605 e. The van der Waals surface area contributed by atoms with Crippen LogP contribution in [0.4, 0.5) is 11.4 Å². The Morgan fingerprint density at radius 2 is 1.71 bits per heavy atom. The van der Waals surface area contributed by atoms with Crippen LogP contribution in [0.1, 0.15) is 83.1 Å². The molecule has 1 spiro atoms. The second-order valence-corrected chi connectivity index (χ2v) is 11.4. The van der Waals surface area contributed by atoms with E-state index in [0.717, 1.165) is 39.0 Å². The third-order valence-electron chi connectivity index (χ3n) is 9.38. The quantitative estimate of drug-likeness (QED) is 0.467. The highest BCUT2D eigenvalue weighted by Gasteiger charge is 2.35. The molecule has 0 N–H and O–H groups in total. The number of ether oxygens (including phenoxy) is 1. The van der Waals surface area contributed by atoms with Gasteiger partial charge in [-0.2, -0.15) is 0 Å². The number of unbranched alkanes of at least 4 members (excludes halogenated alkanes) is 1. The molecule has 4 nitrogen and oxygen atoms in total. The lowest BCUT2D eigenvalue weighted by atomic mass is 9.72. The maximum absolute atomic E-state index is 5.63. The van der Waals surface area contributed by atoms with Gasteiger partial charge in [0.1, 0.15) is 0 Å². The van der Waals surface area contributed by atoms with Crippen molar-refractivity contribution in [3.05, 3.63) is 29.8 Å². The van der Waals surface area contributed by atoms with Crippen molar-refractivity contribution < 1.29 is 4.74 Å². The minimum atomic E-state index is 0.433. The van der Waals surface area contributed by atoms with Gasteiger partial charge in [0.2, 0.25) is 0 Å². The Bertz CT molecular complexity index is 827. The molecule has 1 aromatic rings. The largest absolute Gasteiger partial charge is 0.381 e. The number of nitrogens with zero attached hydrogens (tertiary/aromatic N) is 3. The summed E-state index contributed by atoms with van der Waals surface area (Å²) in [4.78, 5) is 7.94. The number of anilines is 2. The van der Waals surface area contributed by atoms with E-state index in [4.69, 9.17) is 4.74 Å². The van der Waals surface area contributed by atoms with Gasteiger partial charge in [-0.05, 0) is 87.1 Å². The van der Waals surface area contributed by atoms with Crippen molar-refractivity contribution >= 4 is 16.9 Å². The van der Waals surface area contributed by atoms with Gasteiger partial charge in [0.15, 0.2) is 0 Å². The third-order valence-corrected chi connectivity index (χ3v) is 9.38. The summed E-state index contributed by atoms with van der Waals surface area (Å²) in [6.45, 7) is 10.5. The fourth-order valence-corrected chi connectivity index (χ4v) is 6.96. The lowest BCUT2D eigenvalue weighted by Crippen LogP contribution is -2.47. The van der Waals surface area contributed by atoms with Crippen LogP contribution in [0.5, 0.6) is 0 Å². The van der Waals surface area contributed by atoms with Crippen LogP contribution in [0.2, 0.25) is 0 Å². The summed E-state index contributed by atoms with van der Waals surface area (Å²) in [7, 11) is 1.86. The van der Waals surface area contributed by atoms with Crippen LogP contribution >= 0.6 is 0 Å². The molecule has 4 heteroatoms. The van der Waals surface area contributed by atoms with Crippen molar-refractivity contribution in [3.63, 3.8) is 0 Å². The molecule has 0 bridgehead atoms. The van der Waals surface area contributed by atoms with Crippen LogP contribution in [0.15, 0.2) is 24.3 Å². The van der Waals surface area contributed by atoms with E-state index >= 15 is 0 Å². The molecular formula is C30H47N3O. The summed E-state index contributed by atoms with van der Waals surface area (Å²) in [5.74, 6) is 0. The van der Waals surface area contributed by atoms with Gasteiger partial charge in [-0.15, -0.1) is 0 Å². The number of piperidine rings is 1. The molecule has 5 rings (SSSR count). The number of piperazine rings is 1. The van der Waals surface area contributed by atoms with Crippen molar-refractivity contribution in [2.24, 2.45) is 5.41 Å². The fourth-order valence-electron chi connectivity index (χ4n) is 6.96. The van der Waals surface area contributed by atoms with Crippen molar-refractivity contribution in [1.82, 2.24) is 4.90 Å². The number of rotatable bonds is 7. The van der Waals surface area contributed by atoms with E-state index in [0.29, 0.717) is 11.5 Å². The summed E-state index contributed by atoms with van der Waals surface area (Å²) in [5.41, 5.74) is 6.68. The van der Waals surface area contributed by atoms with Gasteiger partial charge >= 0.3 is 0 Å². The number of hydrogen-bond acceptors (Lipinski definition) is 4. The van der Waals surface area contributed by atoms with E-state index in [1.54, 1.807) is 5.57 Å². The first-order valence-electron chi connectivity index (χ1n) is 14.3. The minimum absolute atomic E-state index is 0.433. The van der Waals surface area contributed by atoms with Crippen LogP contribution < -0.4 is 9.80 Å². The van der Waals surface area contributed by atoms with E-state index in [1.165, 1.54) is 94.4 Å². The summed E-state index contributed by atoms with van der Waals surface area (Å²) in [6, 6.07) is 7.40. The van der Waals surface area contributed by atoms with E-state index in [9.17, 15) is 0 Å². The summed E-state index contributed by atoms with van der Waals surface area (Å²) >= 11 is 0. The Morgan fingerprint density at radius 1 is 0.941 bits per heavy atom. The van der Waals surface area contributed by atoms with Crippen molar-refractivity contribution in [2.45, 2.75) is 83.7 Å². The zero-order valence-electron chi connectivity index (χ0n) is 21.9. The zero-order valence-corrected chi connectivity index (χ0v) is 21.9. The molecule has 2 saturated heterocycles. The summed E-state index contributed by atoms with van der Waals surface area (Å²) in [5, 5.41) is 0. The Hall–Kier alpha value is -1.52. The highest BCUT2D eigenvalue weighted by Crippen LogP contribution is 2.50. The van der Waals surface area contributed by atoms with Gasteiger partial charge in [0.05, 0.1) is 6.10 Å². The number of benzene rings is 1. The Balaban J connectivity index is 1.37. The van der Waals surface area contributed by atoms with Gasteiger partial charge < -0.3 is 14.5 Å². The highest BCUT2D eigenvalue weighted by molar-refractivity contribution is 5.80. The maximum atomic E-state index is 5.63. The molecule has 0 amide bonds. The molecular weight excluding hydrogens is 418 g/mol. The van der Waals surface area contributed by atoms with Gasteiger partial charge in [0.25, 0.3) is 0 Å². The topological polar surface area (TPSA) is 19.0 Å². The molecule has 0 aromatic heterocycles. The Labute approximate surface area is 208 Å². The fraction of sp³-hybridized carbons (Fsp3) is 0.733. The maximum Gasteiger partial charge on any atom is 0.0605 e. The monoisotopic (exact) mass is 465 g/mol. The first kappa shape index (κ1) is 24.2. The Kier molecular flexibility index (Phi) is 7.85. The predicted octanol–water partition coefficient (Wildman–Crippen LogP) is 6.35. The molecule has 2 heterocycles. The second-order valence-electron chi connectivity index (χ2n) is 11.4. The van der Waals surface area contributed by atoms with E-state index in [2.05, 4.69) is 45.9 Å². The van der Waals surface area contributed by atoms with Gasteiger partial charge in [0, 0.05) is 63.3 Å². The van der Waals surface area contributed by atoms with Gasteiger partial charge in [-0.1, -0.05) is 32.3 Å². The lowest BCUT2D eigenvalue weighted by molar-refractivity contribution is 0.0819. The molecule has 34 heavy (non-hydrogen) atoms. The molecule has 2 aliphatic heterocycles. The van der Waals surface area contributed by atoms with Gasteiger partial charge in [-0.3, -0.25) is 4.90 Å². The van der Waals surface area contributed by atoms with Crippen molar-refractivity contribution in [3.8, 4) is 0 Å². The highest BCUT2D eigenvalue weighted by atomic mass is 16.5. The standard InChI is InChI=1S/C30H47N3O/c1-3-4-17-31-20-22-33(23-21-31)29-8-7-26(32-18-11-27(34-2)12-19-32)24-28(29)25-9-15-30(16-10-25)13-5-6-14-30/h7-9,24,27H,3-6,10-23H2,1-2H3. The molecule has 0 radical (unpaired) electrons. The molecule has 3 fully saturated rings. The SMILES string of the molecule is CCCCN1CCN(c2ccc(N3CCC(OC)CC3)cc2C2=CCC3(CCCC3)CC2)CC1. The molecule has 0 unspecified atom stereocenters. The van der Waals surface area contributed by atoms with Crippen LogP contribution in [0, 0.1) is 5.41 Å². The molecule has 188 valence electrons. The molecule has 2 aliphatic carbocycles. The molecule has 1 saturated carbocycles. The Morgan fingerprint density at radius 3 is 2.35 bits per heavy atom. The van der Waals surface area contributed by atoms with Gasteiger partial charge in [-0.25, -0.2) is 0 Å². The van der Waals surface area contributed by atoms with E-state index in [-0.39, 0.29) is 0 Å². The average molecular weight is 466 g/mol. The van der Waals surface area contributed by atoms with Crippen LogP contribution in [0.25, 0.3) is 5.57 Å². The van der Waals surface area contributed by atoms with Crippen LogP contribution in [-0.4, -0.2) is 63.9 Å². The van der Waals surface area contributed by atoms with E-state index < -0.39 is 0 Å². The zero-order chi connectivity index (χ0) is 23.4. The summed E-state index contributed by atoms with van der Waals surface area (Å²) < 4.78 is 5.63. The van der Waals surface area contributed by atoms with Crippen molar-refractivity contribution in [2.75, 3.05) is 62.7 Å². The first-order valence-corrected chi connectivity index (χ1v) is 14.3. The number of hydrogen-bond donors (Lipinski definition) is 0. The third kappa shape index (κ3) is 5.33. The normalized spacial score (nSPS) is 24.1. The van der Waals surface area contributed by atoms with Crippen LogP contribution in [-0.2, 0) is 4.74 Å². The summed E-state index contributed by atoms with van der Waals surface area (Å²) in [6.07, 6.45) is 17.7. The molecule has 1 aromatic carbocycles. The van der Waals surface area contributed by atoms with Crippen molar-refractivity contribution in [1.29, 1.82) is 0 Å². The second kappa shape index (κ2) is 11.0. The van der Waals surface area contributed by atoms with Crippen LogP contribution in [0.3, 0.4) is 0 Å². The minimum Gasteiger partial charge on any atom is -0.381 e. The number of allylic oxidation sites excluding steroid dienone is 2. The molecule has 4 aliphatic rings. The first-order chi connectivity index (χ1) is 16.7. The van der Waals surface area contributed by atoms with E-state index in [1.807, 2.05) is 7.11 Å². The number of methoxy groups -OCH3 is 1.